The fraction of sp³-hybridized carbons (Fsp3) is 1.00. The van der Waals surface area contributed by atoms with E-state index in [0.717, 1.165) is 6.04 Å². The van der Waals surface area contributed by atoms with Gasteiger partial charge in [0, 0.05) is 11.6 Å². The number of hydrogen-bond donors (Lipinski definition) is 1. The standard InChI is InChI=1S/C16H35N/c1-6-11-15(12-7-2)17-16(10-5,13-8-3)14-9-4/h15,17H,6-14H2,1-5H3. The lowest BCUT2D eigenvalue weighted by molar-refractivity contribution is 0.221. The van der Waals surface area contributed by atoms with Crippen LogP contribution in [0.25, 0.3) is 0 Å². The van der Waals surface area contributed by atoms with Crippen LogP contribution in [0.15, 0.2) is 0 Å². The molecular formula is C16H35N. The molecule has 0 spiro atoms. The van der Waals surface area contributed by atoms with E-state index in [9.17, 15) is 0 Å². The Morgan fingerprint density at radius 3 is 1.53 bits per heavy atom. The van der Waals surface area contributed by atoms with Crippen LogP contribution in [0.1, 0.15) is 92.4 Å². The summed E-state index contributed by atoms with van der Waals surface area (Å²) in [6, 6.07) is 0.739. The highest BCUT2D eigenvalue weighted by molar-refractivity contribution is 4.89. The molecule has 1 nitrogen and oxygen atoms in total. The molecule has 0 atom stereocenters. The van der Waals surface area contributed by atoms with Gasteiger partial charge >= 0.3 is 0 Å². The number of rotatable bonds is 11. The van der Waals surface area contributed by atoms with Crippen molar-refractivity contribution in [3.8, 4) is 0 Å². The first kappa shape index (κ1) is 17.0. The molecule has 0 amide bonds. The smallest absolute Gasteiger partial charge is 0.0181 e. The van der Waals surface area contributed by atoms with Gasteiger partial charge in [0.25, 0.3) is 0 Å². The fourth-order valence-electron chi connectivity index (χ4n) is 3.10. The van der Waals surface area contributed by atoms with Crippen LogP contribution < -0.4 is 5.32 Å². The third-order valence-electron chi connectivity index (χ3n) is 3.92. The third kappa shape index (κ3) is 6.45. The first-order valence-electron chi connectivity index (χ1n) is 7.95. The van der Waals surface area contributed by atoms with Crippen molar-refractivity contribution in [2.24, 2.45) is 0 Å². The van der Waals surface area contributed by atoms with Crippen molar-refractivity contribution in [3.63, 3.8) is 0 Å². The SMILES string of the molecule is CCCC(CCC)NC(CC)(CCC)CCC. The highest BCUT2D eigenvalue weighted by atomic mass is 15.0. The van der Waals surface area contributed by atoms with Crippen molar-refractivity contribution >= 4 is 0 Å². The van der Waals surface area contributed by atoms with Gasteiger partial charge in [-0.05, 0) is 32.1 Å². The summed E-state index contributed by atoms with van der Waals surface area (Å²) in [5, 5.41) is 4.02. The van der Waals surface area contributed by atoms with Crippen LogP contribution in [0.3, 0.4) is 0 Å². The molecular weight excluding hydrogens is 206 g/mol. The maximum absolute atomic E-state index is 4.02. The van der Waals surface area contributed by atoms with E-state index >= 15 is 0 Å². The predicted molar refractivity (Wildman–Crippen MR) is 79.6 cm³/mol. The van der Waals surface area contributed by atoms with Gasteiger partial charge in [-0.25, -0.2) is 0 Å². The molecule has 0 bridgehead atoms. The van der Waals surface area contributed by atoms with Gasteiger partial charge in [0.15, 0.2) is 0 Å². The van der Waals surface area contributed by atoms with Crippen molar-refractivity contribution in [1.82, 2.24) is 5.32 Å². The quantitative estimate of drug-likeness (QED) is 0.518. The maximum atomic E-state index is 4.02. The Balaban J connectivity index is 4.53. The van der Waals surface area contributed by atoms with E-state index in [1.54, 1.807) is 0 Å². The Kier molecular flexibility index (Phi) is 9.91. The lowest BCUT2D eigenvalue weighted by Crippen LogP contribution is -2.50. The lowest BCUT2D eigenvalue weighted by atomic mass is 9.84. The molecule has 0 aromatic heterocycles. The Hall–Kier alpha value is -0.0400. The zero-order chi connectivity index (χ0) is 13.1. The van der Waals surface area contributed by atoms with Crippen molar-refractivity contribution in [2.45, 2.75) is 104 Å². The summed E-state index contributed by atoms with van der Waals surface area (Å²) in [7, 11) is 0. The summed E-state index contributed by atoms with van der Waals surface area (Å²) < 4.78 is 0. The van der Waals surface area contributed by atoms with Crippen LogP contribution in [-0.4, -0.2) is 11.6 Å². The summed E-state index contributed by atoms with van der Waals surface area (Å²) >= 11 is 0. The van der Waals surface area contributed by atoms with Crippen LogP contribution in [0.2, 0.25) is 0 Å². The molecule has 0 aliphatic carbocycles. The summed E-state index contributed by atoms with van der Waals surface area (Å²) in [5.41, 5.74) is 0.415. The topological polar surface area (TPSA) is 12.0 Å². The average Bonchev–Trinajstić information content (AvgIpc) is 2.30. The first-order valence-corrected chi connectivity index (χ1v) is 7.95. The van der Waals surface area contributed by atoms with Gasteiger partial charge < -0.3 is 5.32 Å². The molecule has 0 saturated carbocycles. The average molecular weight is 241 g/mol. The van der Waals surface area contributed by atoms with Gasteiger partial charge in [-0.15, -0.1) is 0 Å². The Morgan fingerprint density at radius 2 is 1.24 bits per heavy atom. The monoisotopic (exact) mass is 241 g/mol. The molecule has 0 aliphatic rings. The normalized spacial score (nSPS) is 12.4. The van der Waals surface area contributed by atoms with Gasteiger partial charge in [0.1, 0.15) is 0 Å². The second-order valence-corrected chi connectivity index (χ2v) is 5.55. The number of nitrogens with one attached hydrogen (secondary N) is 1. The van der Waals surface area contributed by atoms with E-state index < -0.39 is 0 Å². The first-order chi connectivity index (χ1) is 8.17. The maximum Gasteiger partial charge on any atom is 0.0181 e. The van der Waals surface area contributed by atoms with Crippen LogP contribution in [0.4, 0.5) is 0 Å². The van der Waals surface area contributed by atoms with Crippen molar-refractivity contribution in [3.05, 3.63) is 0 Å². The van der Waals surface area contributed by atoms with Crippen LogP contribution in [0.5, 0.6) is 0 Å². The molecule has 0 aromatic carbocycles. The van der Waals surface area contributed by atoms with E-state index in [2.05, 4.69) is 39.9 Å². The highest BCUT2D eigenvalue weighted by Crippen LogP contribution is 2.25. The molecule has 104 valence electrons. The highest BCUT2D eigenvalue weighted by Gasteiger charge is 2.28. The summed E-state index contributed by atoms with van der Waals surface area (Å²) in [4.78, 5) is 0. The van der Waals surface area contributed by atoms with E-state index in [1.807, 2.05) is 0 Å². The Labute approximate surface area is 110 Å². The minimum atomic E-state index is 0.415. The molecule has 1 heteroatoms. The minimum absolute atomic E-state index is 0.415. The molecule has 0 fully saturated rings. The van der Waals surface area contributed by atoms with Crippen molar-refractivity contribution in [2.75, 3.05) is 0 Å². The van der Waals surface area contributed by atoms with E-state index in [-0.39, 0.29) is 0 Å². The third-order valence-corrected chi connectivity index (χ3v) is 3.92. The molecule has 0 radical (unpaired) electrons. The summed E-state index contributed by atoms with van der Waals surface area (Å²) in [6.07, 6.45) is 11.8. The lowest BCUT2D eigenvalue weighted by Gasteiger charge is -2.38. The summed E-state index contributed by atoms with van der Waals surface area (Å²) in [5.74, 6) is 0. The largest absolute Gasteiger partial charge is 0.309 e. The molecule has 1 N–H and O–H groups in total. The zero-order valence-electron chi connectivity index (χ0n) is 12.9. The van der Waals surface area contributed by atoms with Crippen LogP contribution in [-0.2, 0) is 0 Å². The predicted octanol–water partition coefficient (Wildman–Crippen LogP) is 5.29. The number of hydrogen-bond acceptors (Lipinski definition) is 1. The van der Waals surface area contributed by atoms with Gasteiger partial charge in [-0.3, -0.25) is 0 Å². The Morgan fingerprint density at radius 1 is 0.765 bits per heavy atom. The molecule has 0 heterocycles. The molecule has 17 heavy (non-hydrogen) atoms. The fourth-order valence-corrected chi connectivity index (χ4v) is 3.10. The second-order valence-electron chi connectivity index (χ2n) is 5.55. The van der Waals surface area contributed by atoms with Crippen molar-refractivity contribution in [1.29, 1.82) is 0 Å². The second kappa shape index (κ2) is 9.94. The van der Waals surface area contributed by atoms with E-state index in [4.69, 9.17) is 0 Å². The van der Waals surface area contributed by atoms with Gasteiger partial charge in [-0.1, -0.05) is 60.3 Å². The zero-order valence-corrected chi connectivity index (χ0v) is 12.9. The molecule has 0 unspecified atom stereocenters. The summed E-state index contributed by atoms with van der Waals surface area (Å²) in [6.45, 7) is 11.6. The van der Waals surface area contributed by atoms with Crippen LogP contribution in [0, 0.1) is 0 Å². The van der Waals surface area contributed by atoms with Crippen LogP contribution >= 0.6 is 0 Å². The Bertz CT molecular complexity index is 153. The molecule has 0 saturated heterocycles. The molecule has 0 aromatic rings. The van der Waals surface area contributed by atoms with E-state index in [0.29, 0.717) is 5.54 Å². The van der Waals surface area contributed by atoms with E-state index in [1.165, 1.54) is 57.8 Å². The molecule has 0 aliphatic heterocycles. The van der Waals surface area contributed by atoms with Gasteiger partial charge in [-0.2, -0.15) is 0 Å². The van der Waals surface area contributed by atoms with Crippen molar-refractivity contribution < 1.29 is 0 Å². The molecule has 0 rings (SSSR count). The van der Waals surface area contributed by atoms with Gasteiger partial charge in [0.2, 0.25) is 0 Å². The van der Waals surface area contributed by atoms with Gasteiger partial charge in [0.05, 0.1) is 0 Å². The minimum Gasteiger partial charge on any atom is -0.309 e.